The third-order valence-corrected chi connectivity index (χ3v) is 4.89. The summed E-state index contributed by atoms with van der Waals surface area (Å²) in [5.74, 6) is 0.276. The average Bonchev–Trinajstić information content (AvgIpc) is 3.06. The van der Waals surface area contributed by atoms with Gasteiger partial charge in [-0.15, -0.1) is 11.6 Å². The molecule has 0 saturated heterocycles. The first-order valence-corrected chi connectivity index (χ1v) is 10.3. The maximum Gasteiger partial charge on any atom is 0.419 e. The molecule has 30 heavy (non-hydrogen) atoms. The van der Waals surface area contributed by atoms with Crippen molar-refractivity contribution in [1.82, 2.24) is 4.57 Å². The van der Waals surface area contributed by atoms with E-state index in [1.165, 1.54) is 11.7 Å². The minimum Gasteiger partial charge on any atom is -0.467 e. The number of aromatic nitrogens is 1. The van der Waals surface area contributed by atoms with Crippen LogP contribution in [0, 0.1) is 0 Å². The molecule has 0 amide bonds. The number of carbonyl (C=O) groups is 2. The number of hydrogen-bond acceptors (Lipinski definition) is 5. The zero-order chi connectivity index (χ0) is 21.9. The lowest BCUT2D eigenvalue weighted by atomic mass is 9.97. The third-order valence-electron chi connectivity index (χ3n) is 4.62. The van der Waals surface area contributed by atoms with Crippen LogP contribution in [0.25, 0.3) is 10.9 Å². The Balaban J connectivity index is 2.29. The summed E-state index contributed by atoms with van der Waals surface area (Å²) in [7, 11) is 1.52. The van der Waals surface area contributed by atoms with E-state index in [9.17, 15) is 9.59 Å². The number of ketones is 1. The zero-order valence-corrected chi connectivity index (χ0v) is 18.4. The summed E-state index contributed by atoms with van der Waals surface area (Å²) in [5.41, 5.74) is 1.14. The third kappa shape index (κ3) is 4.45. The van der Waals surface area contributed by atoms with E-state index in [2.05, 4.69) is 0 Å². The summed E-state index contributed by atoms with van der Waals surface area (Å²) in [6.45, 7) is 5.37. The van der Waals surface area contributed by atoms with E-state index in [1.54, 1.807) is 45.0 Å². The van der Waals surface area contributed by atoms with Gasteiger partial charge in [-0.3, -0.25) is 4.79 Å². The number of carbonyl (C=O) groups excluding carboxylic acids is 2. The summed E-state index contributed by atoms with van der Waals surface area (Å²) < 4.78 is 17.7. The van der Waals surface area contributed by atoms with Crippen molar-refractivity contribution >= 4 is 34.4 Å². The number of Topliss-reactive ketones (excluding diaryl/α,β-unsaturated/α-hetero) is 1. The van der Waals surface area contributed by atoms with Crippen LogP contribution in [-0.2, 0) is 15.4 Å². The Labute approximate surface area is 181 Å². The number of rotatable bonds is 6. The van der Waals surface area contributed by atoms with Crippen LogP contribution >= 0.6 is 11.6 Å². The fraction of sp³-hybridized carbons (Fsp3) is 0.391. The summed E-state index contributed by atoms with van der Waals surface area (Å²) in [4.78, 5) is 26.7. The van der Waals surface area contributed by atoms with E-state index >= 15 is 0 Å². The molecule has 160 valence electrons. The minimum absolute atomic E-state index is 0.0255. The summed E-state index contributed by atoms with van der Waals surface area (Å²) >= 11 is 6.31. The highest BCUT2D eigenvalue weighted by atomic mass is 35.5. The van der Waals surface area contributed by atoms with Crippen LogP contribution in [-0.4, -0.2) is 35.9 Å². The number of halogens is 1. The van der Waals surface area contributed by atoms with Crippen molar-refractivity contribution in [3.8, 4) is 5.75 Å². The van der Waals surface area contributed by atoms with Gasteiger partial charge in [0.1, 0.15) is 17.0 Å². The highest BCUT2D eigenvalue weighted by molar-refractivity contribution is 6.22. The lowest BCUT2D eigenvalue weighted by molar-refractivity contribution is 0.0522. The number of benzene rings is 1. The molecule has 0 aliphatic heterocycles. The van der Waals surface area contributed by atoms with Gasteiger partial charge in [-0.1, -0.05) is 24.3 Å². The van der Waals surface area contributed by atoms with Crippen LogP contribution in [0.1, 0.15) is 49.7 Å². The molecule has 2 aromatic rings. The Bertz CT molecular complexity index is 1030. The van der Waals surface area contributed by atoms with Gasteiger partial charge in [0, 0.05) is 23.6 Å². The minimum atomic E-state index is -0.730. The monoisotopic (exact) mass is 431 g/mol. The summed E-state index contributed by atoms with van der Waals surface area (Å²) in [6, 6.07) is 5.26. The summed E-state index contributed by atoms with van der Waals surface area (Å²) in [6.07, 6.45) is 6.36. The molecule has 1 aromatic heterocycles. The number of hydrogen-bond donors (Lipinski definition) is 0. The molecule has 0 N–H and O–H groups in total. The SMILES string of the molecule is COCOc1cccc2c1c(CCl)c(C(=O)C1=CC=CCC1)n2C(=O)OC(C)(C)C. The van der Waals surface area contributed by atoms with Crippen molar-refractivity contribution in [1.29, 1.82) is 0 Å². The van der Waals surface area contributed by atoms with E-state index in [0.717, 1.165) is 6.42 Å². The maximum absolute atomic E-state index is 13.5. The second-order valence-electron chi connectivity index (χ2n) is 7.97. The maximum atomic E-state index is 13.5. The second-order valence-corrected chi connectivity index (χ2v) is 8.23. The molecule has 0 spiro atoms. The van der Waals surface area contributed by atoms with Crippen molar-refractivity contribution in [2.45, 2.75) is 45.1 Å². The quantitative estimate of drug-likeness (QED) is 0.338. The molecule has 1 aromatic carbocycles. The Kier molecular flexibility index (Phi) is 6.68. The number of alkyl halides is 1. The molecule has 1 aliphatic carbocycles. The van der Waals surface area contributed by atoms with Crippen LogP contribution < -0.4 is 4.74 Å². The average molecular weight is 432 g/mol. The smallest absolute Gasteiger partial charge is 0.419 e. The molecule has 3 rings (SSSR count). The van der Waals surface area contributed by atoms with E-state index in [0.29, 0.717) is 34.2 Å². The second kappa shape index (κ2) is 9.06. The van der Waals surface area contributed by atoms with Gasteiger partial charge in [-0.25, -0.2) is 9.36 Å². The lowest BCUT2D eigenvalue weighted by Gasteiger charge is -2.21. The van der Waals surface area contributed by atoms with Crippen molar-refractivity contribution < 1.29 is 23.8 Å². The highest BCUT2D eigenvalue weighted by Crippen LogP contribution is 2.37. The highest BCUT2D eigenvalue weighted by Gasteiger charge is 2.31. The molecule has 0 fully saturated rings. The standard InChI is InChI=1S/C23H26ClNO5/c1-23(2,3)30-22(27)25-17-11-8-12-18(29-14-28-4)19(17)16(13-24)20(25)21(26)15-9-6-5-7-10-15/h5-6,8-9,11-12H,7,10,13-14H2,1-4H3. The molecule has 0 atom stereocenters. The topological polar surface area (TPSA) is 66.8 Å². The number of ether oxygens (including phenoxy) is 3. The van der Waals surface area contributed by atoms with E-state index < -0.39 is 11.7 Å². The lowest BCUT2D eigenvalue weighted by Crippen LogP contribution is -2.29. The Morgan fingerprint density at radius 2 is 2.00 bits per heavy atom. The van der Waals surface area contributed by atoms with Gasteiger partial charge in [-0.05, 0) is 45.7 Å². The summed E-state index contributed by atoms with van der Waals surface area (Å²) in [5, 5.41) is 0.603. The van der Waals surface area contributed by atoms with Crippen LogP contribution in [0.4, 0.5) is 4.79 Å². The Hall–Kier alpha value is -2.57. The molecule has 0 saturated carbocycles. The first-order chi connectivity index (χ1) is 14.3. The van der Waals surface area contributed by atoms with Crippen LogP contribution in [0.3, 0.4) is 0 Å². The van der Waals surface area contributed by atoms with Crippen LogP contribution in [0.5, 0.6) is 5.75 Å². The van der Waals surface area contributed by atoms with Crippen molar-refractivity contribution in [3.05, 3.63) is 53.3 Å². The van der Waals surface area contributed by atoms with Crippen molar-refractivity contribution in [3.63, 3.8) is 0 Å². The van der Waals surface area contributed by atoms with Gasteiger partial charge in [0.05, 0.1) is 11.4 Å². The molecule has 1 heterocycles. The van der Waals surface area contributed by atoms with Gasteiger partial charge in [0.2, 0.25) is 5.78 Å². The Morgan fingerprint density at radius 3 is 2.60 bits per heavy atom. The van der Waals surface area contributed by atoms with Gasteiger partial charge in [0.25, 0.3) is 0 Å². The largest absolute Gasteiger partial charge is 0.467 e. The fourth-order valence-electron chi connectivity index (χ4n) is 3.44. The molecule has 0 radical (unpaired) electrons. The predicted molar refractivity (Wildman–Crippen MR) is 116 cm³/mol. The number of allylic oxidation sites excluding steroid dienone is 4. The molecule has 1 aliphatic rings. The van der Waals surface area contributed by atoms with Gasteiger partial charge in [0.15, 0.2) is 6.79 Å². The molecule has 6 nitrogen and oxygen atoms in total. The molecular weight excluding hydrogens is 406 g/mol. The number of fused-ring (bicyclic) bond motifs is 1. The molecule has 7 heteroatoms. The van der Waals surface area contributed by atoms with Gasteiger partial charge in [-0.2, -0.15) is 0 Å². The molecule has 0 bridgehead atoms. The number of nitrogens with zero attached hydrogens (tertiary/aromatic N) is 1. The van der Waals surface area contributed by atoms with Crippen molar-refractivity contribution in [2.75, 3.05) is 13.9 Å². The first kappa shape index (κ1) is 22.1. The van der Waals surface area contributed by atoms with Gasteiger partial charge >= 0.3 is 6.09 Å². The van der Waals surface area contributed by atoms with Crippen molar-refractivity contribution in [2.24, 2.45) is 0 Å². The molecule has 0 unspecified atom stereocenters. The van der Waals surface area contributed by atoms with E-state index in [4.69, 9.17) is 25.8 Å². The Morgan fingerprint density at radius 1 is 1.23 bits per heavy atom. The van der Waals surface area contributed by atoms with E-state index in [-0.39, 0.29) is 24.2 Å². The fourth-order valence-corrected chi connectivity index (χ4v) is 3.70. The number of methoxy groups -OCH3 is 1. The van der Waals surface area contributed by atoms with Crippen LogP contribution in [0.15, 0.2) is 42.0 Å². The first-order valence-electron chi connectivity index (χ1n) is 9.76. The van der Waals surface area contributed by atoms with Gasteiger partial charge < -0.3 is 14.2 Å². The van der Waals surface area contributed by atoms with E-state index in [1.807, 2.05) is 12.2 Å². The normalized spacial score (nSPS) is 14.0. The molecular formula is C23H26ClNO5. The predicted octanol–water partition coefficient (Wildman–Crippen LogP) is 5.61. The van der Waals surface area contributed by atoms with Crippen LogP contribution in [0.2, 0.25) is 0 Å². The zero-order valence-electron chi connectivity index (χ0n) is 17.7.